The molecule has 0 unspecified atom stereocenters. The number of hydrogen-bond acceptors (Lipinski definition) is 4. The molecule has 0 aromatic carbocycles. The van der Waals surface area contributed by atoms with Gasteiger partial charge in [-0.1, -0.05) is 0 Å². The fourth-order valence-electron chi connectivity index (χ4n) is 3.95. The quantitative estimate of drug-likeness (QED) is 0.884. The van der Waals surface area contributed by atoms with Crippen LogP contribution in [0, 0.1) is 5.41 Å². The summed E-state index contributed by atoms with van der Waals surface area (Å²) in [4.78, 5) is 19.9. The van der Waals surface area contributed by atoms with Crippen molar-refractivity contribution >= 4 is 11.7 Å². The lowest BCUT2D eigenvalue weighted by molar-refractivity contribution is -0.138. The molecule has 1 N–H and O–H groups in total. The van der Waals surface area contributed by atoms with Crippen molar-refractivity contribution in [3.8, 4) is 0 Å². The van der Waals surface area contributed by atoms with E-state index >= 15 is 0 Å². The number of anilines is 1. The van der Waals surface area contributed by atoms with Gasteiger partial charge in [0.25, 0.3) is 0 Å². The Balaban J connectivity index is 1.64. The van der Waals surface area contributed by atoms with Gasteiger partial charge in [0.2, 0.25) is 5.91 Å². The number of piperidine rings is 2. The third kappa shape index (κ3) is 4.11. The standard InChI is InChI=1S/C18H24F3N3O2/c19-18(20,21)14-3-7-22-15(12-14)23-9-5-17(6-10-23)4-2-16(26)24(13-17)8-1-11-25/h3,7,12,25H,1-2,4-6,8-11,13H2. The summed E-state index contributed by atoms with van der Waals surface area (Å²) in [5.41, 5.74) is -0.650. The molecule has 2 fully saturated rings. The normalized spacial score (nSPS) is 20.7. The van der Waals surface area contributed by atoms with Gasteiger partial charge in [0.1, 0.15) is 5.82 Å². The number of halogens is 3. The van der Waals surface area contributed by atoms with Crippen molar-refractivity contribution in [2.45, 2.75) is 38.3 Å². The smallest absolute Gasteiger partial charge is 0.396 e. The number of pyridine rings is 1. The number of hydrogen-bond donors (Lipinski definition) is 1. The summed E-state index contributed by atoms with van der Waals surface area (Å²) in [7, 11) is 0. The fourth-order valence-corrected chi connectivity index (χ4v) is 3.95. The Bertz CT molecular complexity index is 643. The number of aliphatic hydroxyl groups is 1. The van der Waals surface area contributed by atoms with Crippen molar-refractivity contribution in [3.63, 3.8) is 0 Å². The molecule has 2 aliphatic heterocycles. The molecule has 0 aliphatic carbocycles. The molecule has 2 saturated heterocycles. The molecule has 3 heterocycles. The number of nitrogens with zero attached hydrogens (tertiary/aromatic N) is 3. The topological polar surface area (TPSA) is 56.7 Å². The maximum absolute atomic E-state index is 12.9. The molecule has 26 heavy (non-hydrogen) atoms. The molecule has 0 bridgehead atoms. The second kappa shape index (κ2) is 7.42. The Morgan fingerprint density at radius 1 is 1.23 bits per heavy atom. The maximum Gasteiger partial charge on any atom is 0.416 e. The molecule has 1 spiro atoms. The van der Waals surface area contributed by atoms with Crippen molar-refractivity contribution in [2.75, 3.05) is 37.7 Å². The van der Waals surface area contributed by atoms with Crippen LogP contribution in [-0.4, -0.2) is 53.7 Å². The molecule has 1 aromatic rings. The number of alkyl halides is 3. The molecule has 8 heteroatoms. The Labute approximate surface area is 150 Å². The van der Waals surface area contributed by atoms with Gasteiger partial charge in [-0.25, -0.2) is 4.98 Å². The number of aromatic nitrogens is 1. The molecule has 144 valence electrons. The highest BCUT2D eigenvalue weighted by molar-refractivity contribution is 5.77. The highest BCUT2D eigenvalue weighted by Crippen LogP contribution is 2.41. The lowest BCUT2D eigenvalue weighted by Crippen LogP contribution is -2.52. The Hall–Kier alpha value is -1.83. The predicted octanol–water partition coefficient (Wildman–Crippen LogP) is 2.69. The average molecular weight is 371 g/mol. The molecule has 0 radical (unpaired) electrons. The summed E-state index contributed by atoms with van der Waals surface area (Å²) in [6.07, 6.45) is 0.395. The minimum absolute atomic E-state index is 0.0293. The van der Waals surface area contributed by atoms with Crippen LogP contribution in [0.25, 0.3) is 0 Å². The first kappa shape index (κ1) is 18.9. The zero-order chi connectivity index (χ0) is 18.8. The summed E-state index contributed by atoms with van der Waals surface area (Å²) in [5, 5.41) is 8.99. The fraction of sp³-hybridized carbons (Fsp3) is 0.667. The van der Waals surface area contributed by atoms with E-state index in [2.05, 4.69) is 4.98 Å². The van der Waals surface area contributed by atoms with Crippen LogP contribution in [0.3, 0.4) is 0 Å². The Morgan fingerprint density at radius 2 is 1.96 bits per heavy atom. The minimum Gasteiger partial charge on any atom is -0.396 e. The summed E-state index contributed by atoms with van der Waals surface area (Å²) in [6.45, 7) is 2.57. The third-order valence-corrected chi connectivity index (χ3v) is 5.56. The van der Waals surface area contributed by atoms with E-state index in [-0.39, 0.29) is 17.9 Å². The molecule has 3 rings (SSSR count). The molecule has 1 aromatic heterocycles. The minimum atomic E-state index is -4.37. The van der Waals surface area contributed by atoms with E-state index in [4.69, 9.17) is 5.11 Å². The van der Waals surface area contributed by atoms with Gasteiger partial charge in [-0.15, -0.1) is 0 Å². The monoisotopic (exact) mass is 371 g/mol. The number of amides is 1. The number of likely N-dealkylation sites (tertiary alicyclic amines) is 1. The first-order chi connectivity index (χ1) is 12.3. The lowest BCUT2D eigenvalue weighted by Gasteiger charge is -2.47. The van der Waals surface area contributed by atoms with Crippen LogP contribution in [0.5, 0.6) is 0 Å². The summed E-state index contributed by atoms with van der Waals surface area (Å²) in [5.74, 6) is 0.491. The van der Waals surface area contributed by atoms with Gasteiger partial charge in [-0.05, 0) is 43.2 Å². The molecular formula is C18H24F3N3O2. The van der Waals surface area contributed by atoms with E-state index in [1.165, 1.54) is 6.20 Å². The SMILES string of the molecule is O=C1CCC2(CCN(c3cc(C(F)(F)F)ccn3)CC2)CN1CCCO. The van der Waals surface area contributed by atoms with Crippen molar-refractivity contribution in [1.29, 1.82) is 0 Å². The van der Waals surface area contributed by atoms with Crippen LogP contribution in [0.4, 0.5) is 19.0 Å². The van der Waals surface area contributed by atoms with E-state index in [1.54, 1.807) is 0 Å². The van der Waals surface area contributed by atoms with Crippen LogP contribution in [0.15, 0.2) is 18.3 Å². The van der Waals surface area contributed by atoms with Gasteiger partial charge in [-0.2, -0.15) is 13.2 Å². The van der Waals surface area contributed by atoms with Crippen LogP contribution < -0.4 is 4.90 Å². The second-order valence-corrected chi connectivity index (χ2v) is 7.28. The number of rotatable bonds is 4. The lowest BCUT2D eigenvalue weighted by atomic mass is 9.72. The van der Waals surface area contributed by atoms with Crippen LogP contribution in [0.1, 0.15) is 37.7 Å². The van der Waals surface area contributed by atoms with Crippen molar-refractivity contribution < 1.29 is 23.1 Å². The van der Waals surface area contributed by atoms with Crippen LogP contribution in [-0.2, 0) is 11.0 Å². The third-order valence-electron chi connectivity index (χ3n) is 5.56. The Kier molecular flexibility index (Phi) is 5.41. The first-order valence-electron chi connectivity index (χ1n) is 9.00. The second-order valence-electron chi connectivity index (χ2n) is 7.28. The zero-order valence-electron chi connectivity index (χ0n) is 14.6. The summed E-state index contributed by atoms with van der Waals surface area (Å²) in [6, 6.07) is 2.09. The van der Waals surface area contributed by atoms with Gasteiger partial charge in [0.15, 0.2) is 0 Å². The van der Waals surface area contributed by atoms with E-state index < -0.39 is 11.7 Å². The van der Waals surface area contributed by atoms with E-state index in [0.29, 0.717) is 44.8 Å². The van der Waals surface area contributed by atoms with Crippen molar-refractivity contribution in [1.82, 2.24) is 9.88 Å². The number of carbonyl (C=O) groups excluding carboxylic acids is 1. The summed E-state index contributed by atoms with van der Waals surface area (Å²) >= 11 is 0. The molecule has 0 atom stereocenters. The van der Waals surface area contributed by atoms with E-state index in [1.807, 2.05) is 9.80 Å². The first-order valence-corrected chi connectivity index (χ1v) is 9.00. The predicted molar refractivity (Wildman–Crippen MR) is 90.6 cm³/mol. The zero-order valence-corrected chi connectivity index (χ0v) is 14.6. The molecule has 2 aliphatic rings. The van der Waals surface area contributed by atoms with Gasteiger partial charge in [-0.3, -0.25) is 4.79 Å². The molecule has 0 saturated carbocycles. The van der Waals surface area contributed by atoms with E-state index in [0.717, 1.165) is 31.4 Å². The largest absolute Gasteiger partial charge is 0.416 e. The van der Waals surface area contributed by atoms with Crippen LogP contribution >= 0.6 is 0 Å². The molecule has 1 amide bonds. The van der Waals surface area contributed by atoms with Crippen molar-refractivity contribution in [3.05, 3.63) is 23.9 Å². The van der Waals surface area contributed by atoms with Gasteiger partial charge in [0, 0.05) is 45.4 Å². The highest BCUT2D eigenvalue weighted by atomic mass is 19.4. The van der Waals surface area contributed by atoms with Crippen molar-refractivity contribution in [2.24, 2.45) is 5.41 Å². The van der Waals surface area contributed by atoms with E-state index in [9.17, 15) is 18.0 Å². The van der Waals surface area contributed by atoms with Gasteiger partial charge < -0.3 is 14.9 Å². The van der Waals surface area contributed by atoms with Gasteiger partial charge in [0.05, 0.1) is 5.56 Å². The number of carbonyl (C=O) groups is 1. The maximum atomic E-state index is 12.9. The molecular weight excluding hydrogens is 347 g/mol. The average Bonchev–Trinajstić information content (AvgIpc) is 2.63. The highest BCUT2D eigenvalue weighted by Gasteiger charge is 2.41. The summed E-state index contributed by atoms with van der Waals surface area (Å²) < 4.78 is 38.7. The van der Waals surface area contributed by atoms with Gasteiger partial charge >= 0.3 is 6.18 Å². The Morgan fingerprint density at radius 3 is 2.62 bits per heavy atom. The number of aliphatic hydroxyl groups excluding tert-OH is 1. The molecule has 5 nitrogen and oxygen atoms in total. The van der Waals surface area contributed by atoms with Crippen LogP contribution in [0.2, 0.25) is 0 Å².